The van der Waals surface area contributed by atoms with Crippen LogP contribution in [0.1, 0.15) is 6.92 Å². The summed E-state index contributed by atoms with van der Waals surface area (Å²) in [5, 5.41) is 0.632. The maximum Gasteiger partial charge on any atom is 0.330 e. The van der Waals surface area contributed by atoms with Gasteiger partial charge in [0.25, 0.3) is 0 Å². The number of rotatable bonds is 4. The first kappa shape index (κ1) is 13.6. The molecule has 0 aliphatic heterocycles. The molecule has 19 heavy (non-hydrogen) atoms. The molecule has 0 aliphatic rings. The summed E-state index contributed by atoms with van der Waals surface area (Å²) in [6.07, 6.45) is 0. The van der Waals surface area contributed by atoms with Gasteiger partial charge in [-0.05, 0) is 19.1 Å². The highest BCUT2D eigenvalue weighted by atomic mass is 35.5. The minimum absolute atomic E-state index is 0.00778. The Kier molecular flexibility index (Phi) is 4.24. The first-order valence-corrected chi connectivity index (χ1v) is 6.12. The van der Waals surface area contributed by atoms with Crippen molar-refractivity contribution in [1.29, 1.82) is 0 Å². The monoisotopic (exact) mass is 300 g/mol. The Labute approximate surface area is 119 Å². The van der Waals surface area contributed by atoms with Crippen LogP contribution in [0.5, 0.6) is 17.8 Å². The van der Waals surface area contributed by atoms with Gasteiger partial charge in [-0.1, -0.05) is 29.3 Å². The van der Waals surface area contributed by atoms with Crippen LogP contribution >= 0.6 is 23.2 Å². The molecule has 2 rings (SSSR count). The van der Waals surface area contributed by atoms with Crippen LogP contribution in [0.25, 0.3) is 0 Å². The minimum atomic E-state index is -0.0138. The van der Waals surface area contributed by atoms with Crippen molar-refractivity contribution < 1.29 is 9.47 Å². The fourth-order valence-electron chi connectivity index (χ4n) is 1.25. The molecule has 0 radical (unpaired) electrons. The lowest BCUT2D eigenvalue weighted by Gasteiger charge is -2.08. The minimum Gasteiger partial charge on any atom is -0.464 e. The summed E-state index contributed by atoms with van der Waals surface area (Å²) in [6.45, 7) is 2.20. The molecule has 100 valence electrons. The topological polar surface area (TPSA) is 83.2 Å². The predicted molar refractivity (Wildman–Crippen MR) is 71.9 cm³/mol. The third-order valence-corrected chi connectivity index (χ3v) is 2.80. The average Bonchev–Trinajstić information content (AvgIpc) is 2.35. The number of nitrogen functional groups attached to an aromatic ring is 1. The molecule has 1 aromatic carbocycles. The molecular weight excluding hydrogens is 291 g/mol. The number of nitrogens with two attached hydrogens (primary N) is 1. The largest absolute Gasteiger partial charge is 0.464 e. The van der Waals surface area contributed by atoms with Gasteiger partial charge in [-0.2, -0.15) is 9.97 Å². The summed E-state index contributed by atoms with van der Waals surface area (Å²) in [7, 11) is 0. The fourth-order valence-corrected chi connectivity index (χ4v) is 1.58. The Bertz CT molecular complexity index is 595. The second kappa shape index (κ2) is 5.90. The number of aromatic nitrogens is 3. The highest BCUT2D eigenvalue weighted by molar-refractivity contribution is 6.42. The second-order valence-corrected chi connectivity index (χ2v) is 4.13. The summed E-state index contributed by atoms with van der Waals surface area (Å²) in [6, 6.07) is 5.04. The Morgan fingerprint density at radius 2 is 1.89 bits per heavy atom. The van der Waals surface area contributed by atoms with Gasteiger partial charge in [0.1, 0.15) is 5.02 Å². The van der Waals surface area contributed by atoms with Gasteiger partial charge in [0.15, 0.2) is 5.75 Å². The van der Waals surface area contributed by atoms with Gasteiger partial charge in [-0.3, -0.25) is 0 Å². The molecule has 0 spiro atoms. The number of hydrogen-bond acceptors (Lipinski definition) is 6. The molecule has 0 aliphatic carbocycles. The highest BCUT2D eigenvalue weighted by Gasteiger charge is 2.11. The average molecular weight is 301 g/mol. The lowest BCUT2D eigenvalue weighted by Crippen LogP contribution is -2.04. The summed E-state index contributed by atoms with van der Waals surface area (Å²) in [5.74, 6) is 0.314. The normalized spacial score (nSPS) is 10.3. The van der Waals surface area contributed by atoms with Gasteiger partial charge >= 0.3 is 12.0 Å². The zero-order valence-corrected chi connectivity index (χ0v) is 11.4. The Hall–Kier alpha value is -1.79. The van der Waals surface area contributed by atoms with Crippen molar-refractivity contribution in [3.05, 3.63) is 28.2 Å². The van der Waals surface area contributed by atoms with E-state index in [4.69, 9.17) is 38.4 Å². The Morgan fingerprint density at radius 3 is 2.63 bits per heavy atom. The number of ether oxygens (including phenoxy) is 2. The van der Waals surface area contributed by atoms with Crippen LogP contribution in [0.4, 0.5) is 5.95 Å². The van der Waals surface area contributed by atoms with Gasteiger partial charge in [0.2, 0.25) is 5.95 Å². The van der Waals surface area contributed by atoms with Crippen molar-refractivity contribution in [2.24, 2.45) is 0 Å². The van der Waals surface area contributed by atoms with Crippen LogP contribution in [0, 0.1) is 0 Å². The summed E-state index contributed by atoms with van der Waals surface area (Å²) in [4.78, 5) is 11.6. The maximum absolute atomic E-state index is 5.99. The predicted octanol–water partition coefficient (Wildman–Crippen LogP) is 2.95. The third kappa shape index (κ3) is 3.36. The van der Waals surface area contributed by atoms with Crippen molar-refractivity contribution in [2.45, 2.75) is 6.92 Å². The summed E-state index contributed by atoms with van der Waals surface area (Å²) >= 11 is 11.9. The van der Waals surface area contributed by atoms with E-state index in [0.717, 1.165) is 0 Å². The molecule has 0 saturated carbocycles. The van der Waals surface area contributed by atoms with Gasteiger partial charge in [0.05, 0.1) is 11.6 Å². The van der Waals surface area contributed by atoms with Crippen molar-refractivity contribution in [3.63, 3.8) is 0 Å². The maximum atomic E-state index is 5.99. The lowest BCUT2D eigenvalue weighted by molar-refractivity contribution is 0.304. The third-order valence-electron chi connectivity index (χ3n) is 2.00. The van der Waals surface area contributed by atoms with E-state index in [9.17, 15) is 0 Å². The summed E-state index contributed by atoms with van der Waals surface area (Å²) in [5.41, 5.74) is 5.53. The van der Waals surface area contributed by atoms with E-state index in [1.807, 2.05) is 0 Å². The van der Waals surface area contributed by atoms with E-state index in [-0.39, 0.29) is 23.0 Å². The SMILES string of the molecule is CCOc1nc(N)nc(Oc2cccc(Cl)c2Cl)n1. The Morgan fingerprint density at radius 1 is 1.16 bits per heavy atom. The molecule has 0 saturated heterocycles. The molecule has 0 unspecified atom stereocenters. The van der Waals surface area contributed by atoms with Crippen molar-refractivity contribution in [1.82, 2.24) is 15.0 Å². The molecule has 8 heteroatoms. The lowest BCUT2D eigenvalue weighted by atomic mass is 10.3. The van der Waals surface area contributed by atoms with Gasteiger partial charge in [-0.25, -0.2) is 0 Å². The molecule has 0 fully saturated rings. The summed E-state index contributed by atoms with van der Waals surface area (Å²) < 4.78 is 10.6. The van der Waals surface area contributed by atoms with E-state index < -0.39 is 0 Å². The molecule has 6 nitrogen and oxygen atoms in total. The Balaban J connectivity index is 2.30. The van der Waals surface area contributed by atoms with Gasteiger partial charge in [0, 0.05) is 0 Å². The van der Waals surface area contributed by atoms with Crippen LogP contribution in [-0.4, -0.2) is 21.6 Å². The smallest absolute Gasteiger partial charge is 0.330 e. The number of nitrogens with zero attached hydrogens (tertiary/aromatic N) is 3. The standard InChI is InChI=1S/C11H10Cl2N4O2/c1-2-18-10-15-9(14)16-11(17-10)19-7-5-3-4-6(12)8(7)13/h3-5H,2H2,1H3,(H2,14,15,16,17). The second-order valence-electron chi connectivity index (χ2n) is 3.35. The zero-order chi connectivity index (χ0) is 13.8. The van der Waals surface area contributed by atoms with Crippen LogP contribution in [0.15, 0.2) is 18.2 Å². The number of halogens is 2. The quantitative estimate of drug-likeness (QED) is 0.934. The van der Waals surface area contributed by atoms with Gasteiger partial charge in [-0.15, -0.1) is 4.98 Å². The van der Waals surface area contributed by atoms with Crippen LogP contribution in [-0.2, 0) is 0 Å². The van der Waals surface area contributed by atoms with Gasteiger partial charge < -0.3 is 15.2 Å². The number of hydrogen-bond donors (Lipinski definition) is 1. The molecule has 2 N–H and O–H groups in total. The molecule has 0 amide bonds. The molecule has 1 aromatic heterocycles. The first-order valence-electron chi connectivity index (χ1n) is 5.36. The molecular formula is C11H10Cl2N4O2. The van der Waals surface area contributed by atoms with E-state index >= 15 is 0 Å². The van der Waals surface area contributed by atoms with Crippen molar-refractivity contribution in [3.8, 4) is 17.8 Å². The fraction of sp³-hybridized carbons (Fsp3) is 0.182. The molecule has 1 heterocycles. The van der Waals surface area contributed by atoms with E-state index in [1.165, 1.54) is 0 Å². The van der Waals surface area contributed by atoms with Crippen LogP contribution < -0.4 is 15.2 Å². The van der Waals surface area contributed by atoms with Crippen molar-refractivity contribution in [2.75, 3.05) is 12.3 Å². The van der Waals surface area contributed by atoms with E-state index in [0.29, 0.717) is 17.4 Å². The number of benzene rings is 1. The van der Waals surface area contributed by atoms with Crippen LogP contribution in [0.3, 0.4) is 0 Å². The molecule has 2 aromatic rings. The first-order chi connectivity index (χ1) is 9.10. The van der Waals surface area contributed by atoms with E-state index in [2.05, 4.69) is 15.0 Å². The van der Waals surface area contributed by atoms with E-state index in [1.54, 1.807) is 25.1 Å². The number of anilines is 1. The molecule has 0 bridgehead atoms. The van der Waals surface area contributed by atoms with Crippen molar-refractivity contribution >= 4 is 29.2 Å². The highest BCUT2D eigenvalue weighted by Crippen LogP contribution is 2.33. The zero-order valence-electron chi connectivity index (χ0n) is 9.93. The molecule has 0 atom stereocenters. The van der Waals surface area contributed by atoms with Crippen LogP contribution in [0.2, 0.25) is 10.0 Å².